The molecule has 0 aliphatic carbocycles. The van der Waals surface area contributed by atoms with Crippen LogP contribution in [0.15, 0.2) is 65.8 Å². The second-order valence-corrected chi connectivity index (χ2v) is 6.73. The second-order valence-electron chi connectivity index (χ2n) is 6.73. The van der Waals surface area contributed by atoms with Gasteiger partial charge in [-0.25, -0.2) is 5.43 Å². The van der Waals surface area contributed by atoms with Gasteiger partial charge >= 0.3 is 0 Å². The van der Waals surface area contributed by atoms with Gasteiger partial charge in [0.05, 0.1) is 6.21 Å². The monoisotopic (exact) mass is 373 g/mol. The van der Waals surface area contributed by atoms with Gasteiger partial charge in [-0.2, -0.15) is 5.10 Å². The van der Waals surface area contributed by atoms with E-state index in [9.17, 15) is 9.59 Å². The molecular formula is C23H23N3O2. The van der Waals surface area contributed by atoms with Gasteiger partial charge in [0.1, 0.15) is 0 Å². The summed E-state index contributed by atoms with van der Waals surface area (Å²) in [5, 5.41) is 9.04. The number of amides is 2. The molecule has 0 aliphatic rings. The number of carbonyl (C=O) groups excluding carboxylic acids is 2. The molecule has 142 valence electrons. The van der Waals surface area contributed by atoms with Gasteiger partial charge in [-0.3, -0.25) is 9.59 Å². The molecule has 0 aliphatic heterocycles. The summed E-state index contributed by atoms with van der Waals surface area (Å²) in [5.41, 5.74) is 6.31. The lowest BCUT2D eigenvalue weighted by Crippen LogP contribution is -2.20. The maximum absolute atomic E-state index is 12.1. The van der Waals surface area contributed by atoms with Crippen molar-refractivity contribution in [2.45, 2.75) is 26.7 Å². The van der Waals surface area contributed by atoms with Crippen LogP contribution in [0.5, 0.6) is 0 Å². The highest BCUT2D eigenvalue weighted by molar-refractivity contribution is 6.00. The standard InChI is InChI=1S/C23H23N3O2/c1-16-10-11-21(17(2)14-16)25-22(27)12-13-23(28)26-24-15-19-8-5-7-18-6-3-4-9-20(18)19/h3-11,14-15H,12-13H2,1-2H3,(H,25,27)(H,26,28)/b24-15-. The van der Waals surface area contributed by atoms with Gasteiger partial charge in [0.2, 0.25) is 11.8 Å². The summed E-state index contributed by atoms with van der Waals surface area (Å²) < 4.78 is 0. The Hall–Kier alpha value is -3.47. The fourth-order valence-corrected chi connectivity index (χ4v) is 2.99. The summed E-state index contributed by atoms with van der Waals surface area (Å²) in [6.45, 7) is 3.94. The van der Waals surface area contributed by atoms with E-state index in [0.29, 0.717) is 0 Å². The Balaban J connectivity index is 1.50. The number of nitrogens with zero attached hydrogens (tertiary/aromatic N) is 1. The Morgan fingerprint density at radius 1 is 0.929 bits per heavy atom. The van der Waals surface area contributed by atoms with Crippen molar-refractivity contribution < 1.29 is 9.59 Å². The zero-order valence-electron chi connectivity index (χ0n) is 16.0. The van der Waals surface area contributed by atoms with E-state index < -0.39 is 0 Å². The normalized spacial score (nSPS) is 10.9. The fraction of sp³-hybridized carbons (Fsp3) is 0.174. The number of hydrazone groups is 1. The fourth-order valence-electron chi connectivity index (χ4n) is 2.99. The molecule has 5 nitrogen and oxygen atoms in total. The minimum atomic E-state index is -0.299. The van der Waals surface area contributed by atoms with Crippen LogP contribution in [0.25, 0.3) is 10.8 Å². The van der Waals surface area contributed by atoms with Crippen molar-refractivity contribution in [3.63, 3.8) is 0 Å². The smallest absolute Gasteiger partial charge is 0.240 e. The average molecular weight is 373 g/mol. The summed E-state index contributed by atoms with van der Waals surface area (Å²) in [6, 6.07) is 19.7. The van der Waals surface area contributed by atoms with Gasteiger partial charge in [0.25, 0.3) is 0 Å². The van der Waals surface area contributed by atoms with Crippen LogP contribution in [0.3, 0.4) is 0 Å². The van der Waals surface area contributed by atoms with Gasteiger partial charge < -0.3 is 5.32 Å². The van der Waals surface area contributed by atoms with E-state index in [4.69, 9.17) is 0 Å². The van der Waals surface area contributed by atoms with Crippen molar-refractivity contribution in [1.82, 2.24) is 5.43 Å². The Kier molecular flexibility index (Phi) is 6.17. The molecule has 3 rings (SSSR count). The highest BCUT2D eigenvalue weighted by Crippen LogP contribution is 2.17. The maximum Gasteiger partial charge on any atom is 0.240 e. The predicted octanol–water partition coefficient (Wildman–Crippen LogP) is 4.33. The lowest BCUT2D eigenvalue weighted by molar-refractivity contribution is -0.124. The Morgan fingerprint density at radius 3 is 2.50 bits per heavy atom. The maximum atomic E-state index is 12.1. The lowest BCUT2D eigenvalue weighted by atomic mass is 10.1. The van der Waals surface area contributed by atoms with E-state index >= 15 is 0 Å². The largest absolute Gasteiger partial charge is 0.326 e. The zero-order valence-corrected chi connectivity index (χ0v) is 16.0. The van der Waals surface area contributed by atoms with E-state index in [1.165, 1.54) is 0 Å². The number of hydrogen-bond acceptors (Lipinski definition) is 3. The molecule has 0 unspecified atom stereocenters. The van der Waals surface area contributed by atoms with Crippen molar-refractivity contribution in [1.29, 1.82) is 0 Å². The molecule has 0 saturated carbocycles. The molecule has 28 heavy (non-hydrogen) atoms. The van der Waals surface area contributed by atoms with Crippen LogP contribution in [0, 0.1) is 13.8 Å². The van der Waals surface area contributed by atoms with Crippen molar-refractivity contribution in [3.05, 3.63) is 77.4 Å². The number of benzene rings is 3. The van der Waals surface area contributed by atoms with E-state index in [-0.39, 0.29) is 24.7 Å². The molecule has 0 radical (unpaired) electrons. The molecule has 2 N–H and O–H groups in total. The van der Waals surface area contributed by atoms with Gasteiger partial charge in [0.15, 0.2) is 0 Å². The third-order valence-corrected chi connectivity index (χ3v) is 4.45. The minimum absolute atomic E-state index is 0.0730. The summed E-state index contributed by atoms with van der Waals surface area (Å²) in [6.07, 6.45) is 1.79. The van der Waals surface area contributed by atoms with Crippen molar-refractivity contribution in [2.24, 2.45) is 5.10 Å². The zero-order chi connectivity index (χ0) is 19.9. The van der Waals surface area contributed by atoms with E-state index in [1.54, 1.807) is 6.21 Å². The number of rotatable bonds is 6. The van der Waals surface area contributed by atoms with E-state index in [1.807, 2.05) is 74.5 Å². The Bertz CT molecular complexity index is 1040. The van der Waals surface area contributed by atoms with Crippen LogP contribution in [0.1, 0.15) is 29.5 Å². The topological polar surface area (TPSA) is 70.6 Å². The van der Waals surface area contributed by atoms with E-state index in [0.717, 1.165) is 33.2 Å². The molecule has 5 heteroatoms. The first-order valence-electron chi connectivity index (χ1n) is 9.20. The average Bonchev–Trinajstić information content (AvgIpc) is 2.69. The number of aryl methyl sites for hydroxylation is 2. The number of hydrogen-bond donors (Lipinski definition) is 2. The van der Waals surface area contributed by atoms with Gasteiger partial charge in [-0.15, -0.1) is 0 Å². The summed E-state index contributed by atoms with van der Waals surface area (Å²) >= 11 is 0. The summed E-state index contributed by atoms with van der Waals surface area (Å²) in [5.74, 6) is -0.493. The first kappa shape index (κ1) is 19.3. The molecule has 3 aromatic carbocycles. The highest BCUT2D eigenvalue weighted by atomic mass is 16.2. The first-order chi connectivity index (χ1) is 13.5. The number of nitrogens with one attached hydrogen (secondary N) is 2. The van der Waals surface area contributed by atoms with Crippen molar-refractivity contribution >= 4 is 34.5 Å². The quantitative estimate of drug-likeness (QED) is 0.499. The molecule has 2 amide bonds. The third-order valence-electron chi connectivity index (χ3n) is 4.45. The molecule has 0 spiro atoms. The van der Waals surface area contributed by atoms with Gasteiger partial charge in [-0.05, 0) is 36.2 Å². The molecule has 0 atom stereocenters. The van der Waals surface area contributed by atoms with Gasteiger partial charge in [0, 0.05) is 24.1 Å². The molecule has 3 aromatic rings. The van der Waals surface area contributed by atoms with Crippen LogP contribution >= 0.6 is 0 Å². The number of fused-ring (bicyclic) bond motifs is 1. The predicted molar refractivity (Wildman–Crippen MR) is 113 cm³/mol. The highest BCUT2D eigenvalue weighted by Gasteiger charge is 2.08. The van der Waals surface area contributed by atoms with Crippen LogP contribution < -0.4 is 10.7 Å². The summed E-state index contributed by atoms with van der Waals surface area (Å²) in [7, 11) is 0. The molecule has 0 aromatic heterocycles. The second kappa shape index (κ2) is 8.95. The van der Waals surface area contributed by atoms with Crippen molar-refractivity contribution in [2.75, 3.05) is 5.32 Å². The number of carbonyl (C=O) groups is 2. The van der Waals surface area contributed by atoms with Crippen LogP contribution in [-0.2, 0) is 9.59 Å². The SMILES string of the molecule is Cc1ccc(NC(=O)CCC(=O)N/N=C\c2cccc3ccccc23)c(C)c1. The van der Waals surface area contributed by atoms with Crippen molar-refractivity contribution in [3.8, 4) is 0 Å². The summed E-state index contributed by atoms with van der Waals surface area (Å²) in [4.78, 5) is 24.0. The Morgan fingerprint density at radius 2 is 1.68 bits per heavy atom. The molecular weight excluding hydrogens is 350 g/mol. The lowest BCUT2D eigenvalue weighted by Gasteiger charge is -2.08. The van der Waals surface area contributed by atoms with Crippen LogP contribution in [0.4, 0.5) is 5.69 Å². The molecule has 0 fully saturated rings. The van der Waals surface area contributed by atoms with Gasteiger partial charge in [-0.1, -0.05) is 60.2 Å². The third kappa shape index (κ3) is 5.04. The Labute approximate surface area is 164 Å². The molecule has 0 bridgehead atoms. The number of anilines is 1. The minimum Gasteiger partial charge on any atom is -0.326 e. The first-order valence-corrected chi connectivity index (χ1v) is 9.20. The van der Waals surface area contributed by atoms with Crippen LogP contribution in [0.2, 0.25) is 0 Å². The van der Waals surface area contributed by atoms with Crippen LogP contribution in [-0.4, -0.2) is 18.0 Å². The molecule has 0 heterocycles. The molecule has 0 saturated heterocycles. The van der Waals surface area contributed by atoms with E-state index in [2.05, 4.69) is 15.8 Å².